The fourth-order valence-electron chi connectivity index (χ4n) is 4.42. The van der Waals surface area contributed by atoms with Gasteiger partial charge in [0.2, 0.25) is 5.95 Å². The van der Waals surface area contributed by atoms with Crippen molar-refractivity contribution >= 4 is 23.3 Å². The van der Waals surface area contributed by atoms with Crippen molar-refractivity contribution < 1.29 is 9.59 Å². The van der Waals surface area contributed by atoms with Crippen molar-refractivity contribution in [2.45, 2.75) is 20.4 Å². The van der Waals surface area contributed by atoms with Crippen LogP contribution < -0.4 is 4.90 Å². The molecular formula is C26H26N6O2. The molecule has 3 aromatic rings. The van der Waals surface area contributed by atoms with Gasteiger partial charge in [-0.2, -0.15) is 0 Å². The van der Waals surface area contributed by atoms with Gasteiger partial charge in [-0.1, -0.05) is 24.3 Å². The Kier molecular flexibility index (Phi) is 5.79. The normalized spacial score (nSPS) is 16.6. The largest absolute Gasteiger partial charge is 0.363 e. The van der Waals surface area contributed by atoms with Crippen molar-refractivity contribution in [3.63, 3.8) is 0 Å². The molecule has 0 N–H and O–H groups in total. The van der Waals surface area contributed by atoms with Crippen LogP contribution in [-0.2, 0) is 16.1 Å². The Labute approximate surface area is 198 Å². The van der Waals surface area contributed by atoms with Gasteiger partial charge in [0, 0.05) is 51.0 Å². The first-order valence-corrected chi connectivity index (χ1v) is 11.4. The van der Waals surface area contributed by atoms with E-state index >= 15 is 0 Å². The van der Waals surface area contributed by atoms with E-state index in [-0.39, 0.29) is 18.4 Å². The van der Waals surface area contributed by atoms with Gasteiger partial charge in [-0.05, 0) is 48.2 Å². The second kappa shape index (κ2) is 9.05. The van der Waals surface area contributed by atoms with Crippen LogP contribution in [0.15, 0.2) is 66.9 Å². The summed E-state index contributed by atoms with van der Waals surface area (Å²) in [5.74, 6) is 0.157. The minimum atomic E-state index is -0.263. The highest BCUT2D eigenvalue weighted by molar-refractivity contribution is 6.35. The number of imide groups is 1. The summed E-state index contributed by atoms with van der Waals surface area (Å²) in [4.78, 5) is 45.6. The number of carbonyl (C=O) groups excluding carboxylic acids is 2. The zero-order valence-corrected chi connectivity index (χ0v) is 19.3. The summed E-state index contributed by atoms with van der Waals surface area (Å²) < 4.78 is 0. The van der Waals surface area contributed by atoms with E-state index in [0.717, 1.165) is 22.3 Å². The van der Waals surface area contributed by atoms with E-state index in [4.69, 9.17) is 0 Å². The van der Waals surface area contributed by atoms with Crippen LogP contribution in [0.4, 0.5) is 5.95 Å². The zero-order chi connectivity index (χ0) is 23.7. The predicted molar refractivity (Wildman–Crippen MR) is 128 cm³/mol. The SMILES string of the molecule is Cc1ccc(C2=C(N3CCN(c4ncccn4)CC3)C(=O)N(Cc3cccnc3)C2=O)cc1C. The van der Waals surface area contributed by atoms with Crippen molar-refractivity contribution in [1.29, 1.82) is 0 Å². The van der Waals surface area contributed by atoms with Crippen molar-refractivity contribution in [3.8, 4) is 0 Å². The molecule has 2 aliphatic rings. The second-order valence-electron chi connectivity index (χ2n) is 8.60. The van der Waals surface area contributed by atoms with Gasteiger partial charge in [0.05, 0.1) is 12.1 Å². The average molecular weight is 455 g/mol. The van der Waals surface area contributed by atoms with Crippen LogP contribution in [0.2, 0.25) is 0 Å². The minimum Gasteiger partial charge on any atom is -0.363 e. The average Bonchev–Trinajstić information content (AvgIpc) is 3.12. The molecule has 172 valence electrons. The zero-order valence-electron chi connectivity index (χ0n) is 19.3. The number of amides is 2. The van der Waals surface area contributed by atoms with Crippen LogP contribution in [0.1, 0.15) is 22.3 Å². The first-order chi connectivity index (χ1) is 16.5. The number of aromatic nitrogens is 3. The van der Waals surface area contributed by atoms with Gasteiger partial charge in [0.25, 0.3) is 11.8 Å². The molecule has 2 aliphatic heterocycles. The molecule has 8 heteroatoms. The summed E-state index contributed by atoms with van der Waals surface area (Å²) in [6.45, 7) is 6.78. The number of benzene rings is 1. The molecule has 2 aromatic heterocycles. The van der Waals surface area contributed by atoms with Crippen molar-refractivity contribution in [2.24, 2.45) is 0 Å². The molecule has 0 bridgehead atoms. The predicted octanol–water partition coefficient (Wildman–Crippen LogP) is 2.59. The smallest absolute Gasteiger partial charge is 0.278 e. The fourth-order valence-corrected chi connectivity index (χ4v) is 4.42. The summed E-state index contributed by atoms with van der Waals surface area (Å²) in [6, 6.07) is 11.4. The number of pyridine rings is 1. The van der Waals surface area contributed by atoms with E-state index in [2.05, 4.69) is 19.9 Å². The Morgan fingerprint density at radius 3 is 2.24 bits per heavy atom. The summed E-state index contributed by atoms with van der Waals surface area (Å²) >= 11 is 0. The van der Waals surface area contributed by atoms with Crippen molar-refractivity contribution in [3.05, 3.63) is 89.1 Å². The molecule has 0 radical (unpaired) electrons. The fraction of sp³-hybridized carbons (Fsp3) is 0.269. The molecule has 4 heterocycles. The van der Waals surface area contributed by atoms with Gasteiger partial charge in [0.1, 0.15) is 5.70 Å². The number of aryl methyl sites for hydroxylation is 2. The monoisotopic (exact) mass is 454 g/mol. The van der Waals surface area contributed by atoms with Crippen LogP contribution in [0.25, 0.3) is 5.57 Å². The quantitative estimate of drug-likeness (QED) is 0.548. The lowest BCUT2D eigenvalue weighted by molar-refractivity contribution is -0.138. The molecule has 5 rings (SSSR count). The Balaban J connectivity index is 1.48. The van der Waals surface area contributed by atoms with Gasteiger partial charge in [0.15, 0.2) is 0 Å². The Bertz CT molecular complexity index is 1250. The highest BCUT2D eigenvalue weighted by Gasteiger charge is 2.42. The summed E-state index contributed by atoms with van der Waals surface area (Å²) in [5, 5.41) is 0. The van der Waals surface area contributed by atoms with E-state index in [1.807, 2.05) is 49.1 Å². The topological polar surface area (TPSA) is 82.5 Å². The highest BCUT2D eigenvalue weighted by atomic mass is 16.2. The third-order valence-electron chi connectivity index (χ3n) is 6.43. The van der Waals surface area contributed by atoms with Crippen LogP contribution in [0.5, 0.6) is 0 Å². The summed E-state index contributed by atoms with van der Waals surface area (Å²) in [7, 11) is 0. The van der Waals surface area contributed by atoms with Crippen LogP contribution in [-0.4, -0.2) is 62.7 Å². The molecule has 1 fully saturated rings. The molecule has 1 saturated heterocycles. The number of hydrogen-bond donors (Lipinski definition) is 0. The summed E-state index contributed by atoms with van der Waals surface area (Å²) in [6.07, 6.45) is 6.82. The molecule has 8 nitrogen and oxygen atoms in total. The third kappa shape index (κ3) is 4.03. The van der Waals surface area contributed by atoms with Gasteiger partial charge in [-0.3, -0.25) is 19.5 Å². The first kappa shape index (κ1) is 21.8. The molecule has 0 atom stereocenters. The molecule has 0 aliphatic carbocycles. The van der Waals surface area contributed by atoms with Gasteiger partial charge in [-0.15, -0.1) is 0 Å². The molecule has 34 heavy (non-hydrogen) atoms. The van der Waals surface area contributed by atoms with E-state index in [1.54, 1.807) is 30.9 Å². The number of carbonyl (C=O) groups is 2. The molecule has 0 unspecified atom stereocenters. The van der Waals surface area contributed by atoms with Crippen LogP contribution >= 0.6 is 0 Å². The van der Waals surface area contributed by atoms with E-state index in [9.17, 15) is 9.59 Å². The van der Waals surface area contributed by atoms with E-state index in [1.165, 1.54) is 4.90 Å². The highest BCUT2D eigenvalue weighted by Crippen LogP contribution is 2.34. The van der Waals surface area contributed by atoms with Crippen molar-refractivity contribution in [2.75, 3.05) is 31.1 Å². The first-order valence-electron chi connectivity index (χ1n) is 11.4. The number of nitrogens with zero attached hydrogens (tertiary/aromatic N) is 6. The molecular weight excluding hydrogens is 428 g/mol. The molecule has 0 saturated carbocycles. The van der Waals surface area contributed by atoms with E-state index < -0.39 is 0 Å². The minimum absolute atomic E-state index is 0.196. The van der Waals surface area contributed by atoms with Gasteiger partial charge >= 0.3 is 0 Å². The van der Waals surface area contributed by atoms with Crippen LogP contribution in [0, 0.1) is 13.8 Å². The third-order valence-corrected chi connectivity index (χ3v) is 6.43. The maximum Gasteiger partial charge on any atom is 0.278 e. The number of anilines is 1. The number of hydrogen-bond acceptors (Lipinski definition) is 7. The lowest BCUT2D eigenvalue weighted by Gasteiger charge is -2.36. The van der Waals surface area contributed by atoms with Gasteiger partial charge < -0.3 is 9.80 Å². The van der Waals surface area contributed by atoms with Crippen LogP contribution in [0.3, 0.4) is 0 Å². The van der Waals surface area contributed by atoms with Crippen molar-refractivity contribution in [1.82, 2.24) is 24.8 Å². The molecule has 1 aromatic carbocycles. The maximum atomic E-state index is 13.7. The Morgan fingerprint density at radius 1 is 0.824 bits per heavy atom. The molecule has 0 spiro atoms. The lowest BCUT2D eigenvalue weighted by Crippen LogP contribution is -2.48. The maximum absolute atomic E-state index is 13.7. The molecule has 2 amide bonds. The van der Waals surface area contributed by atoms with E-state index in [0.29, 0.717) is 43.4 Å². The number of rotatable bonds is 5. The van der Waals surface area contributed by atoms with Gasteiger partial charge in [-0.25, -0.2) is 9.97 Å². The Morgan fingerprint density at radius 2 is 1.56 bits per heavy atom. The lowest BCUT2D eigenvalue weighted by atomic mass is 9.99. The Hall–Kier alpha value is -4.07. The second-order valence-corrected chi connectivity index (χ2v) is 8.60. The standard InChI is InChI=1S/C26H26N6O2/c1-18-6-7-21(15-19(18)2)22-23(25(34)32(24(22)33)17-20-5-3-8-27-16-20)30-11-13-31(14-12-30)26-28-9-4-10-29-26/h3-10,15-16H,11-14,17H2,1-2H3. The number of piperazine rings is 1. The summed E-state index contributed by atoms with van der Waals surface area (Å²) in [5.41, 5.74) is 4.77.